The highest BCUT2D eigenvalue weighted by Crippen LogP contribution is 2.53. The lowest BCUT2D eigenvalue weighted by atomic mass is 15.7. The summed E-state index contributed by atoms with van der Waals surface area (Å²) in [4.78, 5) is 38.0. The third kappa shape index (κ3) is 32.3. The minimum Gasteiger partial charge on any atom is -0.310 e. The molecule has 13 heteroatoms. The zero-order chi connectivity index (χ0) is 10.4. The summed E-state index contributed by atoms with van der Waals surface area (Å²) < 4.78 is 30.7. The van der Waals surface area contributed by atoms with Gasteiger partial charge in [0.05, 0.1) is 0 Å². The number of hydrogen-bond acceptors (Lipinski definition) is 4. The molecule has 5 N–H and O–H groups in total. The lowest BCUT2D eigenvalue weighted by Crippen LogP contribution is -1.84. The molecule has 0 heterocycles. The van der Waals surface area contributed by atoms with Gasteiger partial charge < -0.3 is 24.5 Å². The topological polar surface area (TPSA) is 162 Å². The van der Waals surface area contributed by atoms with E-state index in [-0.39, 0.29) is 9.90 Å². The number of rotatable bonds is 2. The second kappa shape index (κ2) is 8.09. The fraction of sp³-hybridized carbons (Fsp3) is 0. The summed E-state index contributed by atoms with van der Waals surface area (Å²) in [5, 5.41) is 0. The number of hydrogen-bond donors (Lipinski definition) is 5. The van der Waals surface area contributed by atoms with E-state index in [9.17, 15) is 9.13 Å². The first-order valence-corrected chi connectivity index (χ1v) is 5.74. The van der Waals surface area contributed by atoms with Crippen molar-refractivity contribution in [2.24, 2.45) is 0 Å². The van der Waals surface area contributed by atoms with Gasteiger partial charge in [-0.15, -0.1) is 0 Å². The van der Waals surface area contributed by atoms with Crippen LogP contribution in [0.2, 0.25) is 0 Å². The summed E-state index contributed by atoms with van der Waals surface area (Å²) in [6, 6.07) is 0. The highest BCUT2D eigenvalue weighted by atomic mass is 31.3. The van der Waals surface area contributed by atoms with Gasteiger partial charge in [-0.25, -0.2) is 13.7 Å². The van der Waals surface area contributed by atoms with Gasteiger partial charge in [0.25, 0.3) is 0 Å². The lowest BCUT2D eigenvalue weighted by molar-refractivity contribution is 0.225. The van der Waals surface area contributed by atoms with Crippen LogP contribution in [0.1, 0.15) is 0 Å². The Kier molecular flexibility index (Phi) is 12.0. The first kappa shape index (κ1) is 19.3. The summed E-state index contributed by atoms with van der Waals surface area (Å²) in [7, 11) is -10.9. The highest BCUT2D eigenvalue weighted by molar-refractivity contribution is 7.60. The van der Waals surface area contributed by atoms with Crippen LogP contribution in [0.5, 0.6) is 0 Å². The van der Waals surface area contributed by atoms with Crippen LogP contribution < -0.4 is 0 Å². The van der Waals surface area contributed by atoms with Crippen molar-refractivity contribution in [3.63, 3.8) is 0 Å². The average molecular weight is 276 g/mol. The zero-order valence-electron chi connectivity index (χ0n) is 5.92. The first-order valence-electron chi connectivity index (χ1n) is 1.91. The molecule has 0 aromatic rings. The molecule has 0 fully saturated rings. The molecule has 9 nitrogen and oxygen atoms in total. The summed E-state index contributed by atoms with van der Waals surface area (Å²) in [6.07, 6.45) is 0. The van der Waals surface area contributed by atoms with E-state index in [2.05, 4.69) is 4.31 Å². The molecule has 1 atom stereocenters. The minimum absolute atomic E-state index is 0. The Balaban J connectivity index is -0.000000220. The van der Waals surface area contributed by atoms with E-state index >= 15 is 0 Å². The van der Waals surface area contributed by atoms with E-state index in [0.29, 0.717) is 0 Å². The molecule has 0 saturated carbocycles. The minimum atomic E-state index is -5.05. The second-order valence-corrected chi connectivity index (χ2v) is 3.92. The van der Waals surface area contributed by atoms with E-state index in [4.69, 9.17) is 29.0 Å². The molecular weight excluding hydrogens is 268 g/mol. The van der Waals surface area contributed by atoms with Gasteiger partial charge in [-0.1, -0.05) is 0 Å². The maximum atomic E-state index is 9.63. The molecule has 0 aliphatic carbocycles. The van der Waals surface area contributed by atoms with Crippen molar-refractivity contribution in [1.82, 2.24) is 0 Å². The highest BCUT2D eigenvalue weighted by Gasteiger charge is 2.27. The Morgan fingerprint density at radius 3 is 1.15 bits per heavy atom. The van der Waals surface area contributed by atoms with Gasteiger partial charge >= 0.3 is 24.3 Å². The smallest absolute Gasteiger partial charge is 0.310 e. The maximum Gasteiger partial charge on any atom is 0.478 e. The molecule has 0 amide bonds. The molecule has 0 aliphatic rings. The van der Waals surface area contributed by atoms with Gasteiger partial charge in [0.1, 0.15) is 0 Å². The summed E-state index contributed by atoms with van der Waals surface area (Å²) in [5.41, 5.74) is 0. The van der Waals surface area contributed by atoms with Gasteiger partial charge in [-0.2, -0.15) is 14.2 Å². The third-order valence-corrected chi connectivity index (χ3v) is 1.91. The lowest BCUT2D eigenvalue weighted by Gasteiger charge is -2.03. The van der Waals surface area contributed by atoms with Crippen LogP contribution in [-0.2, 0) is 18.0 Å². The van der Waals surface area contributed by atoms with Crippen LogP contribution in [0.3, 0.4) is 0 Å². The summed E-state index contributed by atoms with van der Waals surface area (Å²) in [5.74, 6) is 0. The average Bonchev–Trinajstić information content (AvgIpc) is 1.53. The van der Waals surface area contributed by atoms with Crippen molar-refractivity contribution in [3.05, 3.63) is 0 Å². The number of phosphoric acid groups is 2. The Morgan fingerprint density at radius 1 is 1.00 bits per heavy atom. The van der Waals surface area contributed by atoms with Gasteiger partial charge in [0, 0.05) is 0 Å². The molecule has 0 spiro atoms. The Labute approximate surface area is 77.5 Å². The molecule has 1 unspecified atom stereocenters. The summed E-state index contributed by atoms with van der Waals surface area (Å²) in [6.45, 7) is 0. The molecule has 0 rings (SSSR count). The van der Waals surface area contributed by atoms with Crippen molar-refractivity contribution in [3.8, 4) is 0 Å². The molecule has 0 saturated heterocycles. The predicted molar refractivity (Wildman–Crippen MR) is 46.1 cm³/mol. The Hall–Kier alpha value is 0.750. The largest absolute Gasteiger partial charge is 0.478 e. The first-order chi connectivity index (χ1) is 5.12. The second-order valence-electron chi connectivity index (χ2n) is 1.14. The monoisotopic (exact) mass is 276 g/mol. The molecule has 0 aromatic heterocycles. The SMILES string of the molecule is O=P(O)(O)OP(=O)(O)O.O=PO.P. The van der Waals surface area contributed by atoms with Gasteiger partial charge in [0.15, 0.2) is 0 Å². The predicted octanol–water partition coefficient (Wildman–Crippen LogP) is -0.568. The molecular formula is H8O9P4. The van der Waals surface area contributed by atoms with Crippen molar-refractivity contribution < 1.29 is 42.5 Å². The Bertz CT molecular complexity index is 186. The van der Waals surface area contributed by atoms with E-state index in [1.807, 2.05) is 0 Å². The maximum absolute atomic E-state index is 9.63. The quantitative estimate of drug-likeness (QED) is 0.415. The van der Waals surface area contributed by atoms with Crippen molar-refractivity contribution in [2.75, 3.05) is 0 Å². The molecule has 0 bridgehead atoms. The van der Waals surface area contributed by atoms with Crippen LogP contribution in [0, 0.1) is 0 Å². The van der Waals surface area contributed by atoms with Gasteiger partial charge in [-0.3, -0.25) is 0 Å². The molecule has 13 heavy (non-hydrogen) atoms. The van der Waals surface area contributed by atoms with Gasteiger partial charge in [-0.05, 0) is 0 Å². The summed E-state index contributed by atoms with van der Waals surface area (Å²) >= 11 is 0. The van der Waals surface area contributed by atoms with Crippen LogP contribution in [-0.4, -0.2) is 24.5 Å². The van der Waals surface area contributed by atoms with Crippen LogP contribution in [0.4, 0.5) is 0 Å². The van der Waals surface area contributed by atoms with Crippen molar-refractivity contribution in [2.45, 2.75) is 0 Å². The van der Waals surface area contributed by atoms with E-state index in [1.54, 1.807) is 0 Å². The Morgan fingerprint density at radius 2 is 1.15 bits per heavy atom. The fourth-order valence-electron chi connectivity index (χ4n) is 0.139. The third-order valence-electron chi connectivity index (χ3n) is 0.213. The van der Waals surface area contributed by atoms with E-state index in [0.717, 1.165) is 0 Å². The zero-order valence-corrected chi connectivity index (χ0v) is 10.0. The molecule has 0 radical (unpaired) electrons. The standard InChI is InChI=1S/H4O7P2.HO2P.H3P/c1-8(2,3)7-9(4,5)6;1-3-2;/h(H2,1,2,3)(H2,4,5,6);(H,1,2);1H3. The van der Waals surface area contributed by atoms with Crippen molar-refractivity contribution >= 4 is 34.2 Å². The van der Waals surface area contributed by atoms with Gasteiger partial charge in [0.2, 0.25) is 0 Å². The van der Waals surface area contributed by atoms with E-state index in [1.165, 1.54) is 0 Å². The fourth-order valence-corrected chi connectivity index (χ4v) is 1.25. The van der Waals surface area contributed by atoms with Crippen LogP contribution >= 0.6 is 34.2 Å². The van der Waals surface area contributed by atoms with Crippen LogP contribution in [0.25, 0.3) is 0 Å². The van der Waals surface area contributed by atoms with E-state index < -0.39 is 24.3 Å². The normalized spacial score (nSPS) is 11.2. The van der Waals surface area contributed by atoms with Crippen molar-refractivity contribution in [1.29, 1.82) is 0 Å². The molecule has 0 aromatic carbocycles. The van der Waals surface area contributed by atoms with Crippen LogP contribution in [0.15, 0.2) is 0 Å². The molecule has 82 valence electrons. The molecule has 0 aliphatic heterocycles.